The maximum absolute atomic E-state index is 4.46. The van der Waals surface area contributed by atoms with Gasteiger partial charge in [-0.25, -0.2) is 4.98 Å². The van der Waals surface area contributed by atoms with Gasteiger partial charge >= 0.3 is 0 Å². The molecule has 0 aliphatic heterocycles. The van der Waals surface area contributed by atoms with Gasteiger partial charge in [0.2, 0.25) is 5.13 Å². The largest absolute Gasteiger partial charge is 0.359 e. The van der Waals surface area contributed by atoms with E-state index in [0.717, 1.165) is 30.6 Å². The number of hydrogen-bond acceptors (Lipinski definition) is 5. The molecule has 1 aromatic heterocycles. The summed E-state index contributed by atoms with van der Waals surface area (Å²) >= 11 is 1.48. The molecule has 1 aliphatic rings. The molecule has 2 N–H and O–H groups in total. The number of nitrogens with zero attached hydrogens (tertiary/aromatic N) is 2. The van der Waals surface area contributed by atoms with E-state index in [0.29, 0.717) is 5.92 Å². The van der Waals surface area contributed by atoms with E-state index in [4.69, 9.17) is 0 Å². The third-order valence-electron chi connectivity index (χ3n) is 2.39. The fourth-order valence-electron chi connectivity index (χ4n) is 1.37. The van der Waals surface area contributed by atoms with Crippen molar-refractivity contribution in [3.8, 4) is 0 Å². The summed E-state index contributed by atoms with van der Waals surface area (Å²) in [6, 6.07) is 0. The maximum atomic E-state index is 4.46. The van der Waals surface area contributed by atoms with E-state index in [9.17, 15) is 0 Å². The highest BCUT2D eigenvalue weighted by Gasteiger charge is 2.27. The minimum Gasteiger partial charge on any atom is -0.359 e. The minimum atomic E-state index is 0.662. The van der Waals surface area contributed by atoms with Crippen molar-refractivity contribution in [3.05, 3.63) is 5.82 Å². The first-order valence-corrected chi connectivity index (χ1v) is 6.45. The van der Waals surface area contributed by atoms with E-state index >= 15 is 0 Å². The normalized spacial score (nSPS) is 15.5. The zero-order valence-electron chi connectivity index (χ0n) is 9.12. The van der Waals surface area contributed by atoms with E-state index in [1.165, 1.54) is 30.8 Å². The second kappa shape index (κ2) is 5.42. The van der Waals surface area contributed by atoms with E-state index in [-0.39, 0.29) is 0 Å². The predicted molar refractivity (Wildman–Crippen MR) is 63.5 cm³/mol. The van der Waals surface area contributed by atoms with Crippen molar-refractivity contribution in [1.29, 1.82) is 0 Å². The van der Waals surface area contributed by atoms with Gasteiger partial charge in [-0.1, -0.05) is 6.92 Å². The lowest BCUT2D eigenvalue weighted by molar-refractivity contribution is 0.687. The summed E-state index contributed by atoms with van der Waals surface area (Å²) in [7, 11) is 0. The van der Waals surface area contributed by atoms with Gasteiger partial charge in [0.1, 0.15) is 5.82 Å². The third kappa shape index (κ3) is 3.43. The first-order valence-electron chi connectivity index (χ1n) is 5.68. The summed E-state index contributed by atoms with van der Waals surface area (Å²) in [5.74, 6) is 1.71. The molecule has 1 heterocycles. The van der Waals surface area contributed by atoms with Crippen molar-refractivity contribution in [2.24, 2.45) is 0 Å². The fourth-order valence-corrected chi connectivity index (χ4v) is 2.04. The molecular weight excluding hydrogens is 208 g/mol. The van der Waals surface area contributed by atoms with Crippen LogP contribution >= 0.6 is 11.5 Å². The van der Waals surface area contributed by atoms with Crippen LogP contribution in [0.5, 0.6) is 0 Å². The van der Waals surface area contributed by atoms with Gasteiger partial charge in [-0.05, 0) is 25.8 Å². The van der Waals surface area contributed by atoms with Crippen molar-refractivity contribution < 1.29 is 0 Å². The molecular formula is C10H18N4S. The average Bonchev–Trinajstić information content (AvgIpc) is 2.99. The zero-order chi connectivity index (χ0) is 10.5. The monoisotopic (exact) mass is 226 g/mol. The van der Waals surface area contributed by atoms with Gasteiger partial charge in [-0.2, -0.15) is 4.37 Å². The van der Waals surface area contributed by atoms with E-state index in [1.54, 1.807) is 0 Å². The fraction of sp³-hybridized carbons (Fsp3) is 0.800. The van der Waals surface area contributed by atoms with Crippen molar-refractivity contribution in [3.63, 3.8) is 0 Å². The smallest absolute Gasteiger partial charge is 0.202 e. The van der Waals surface area contributed by atoms with Crippen LogP contribution in [0, 0.1) is 0 Å². The standard InChI is InChI=1S/C10H18N4S/c1-2-5-11-6-7-12-10-13-9(14-15-10)8-3-4-8/h8,11H,2-7H2,1H3,(H,12,13,14). The van der Waals surface area contributed by atoms with Gasteiger partial charge in [0.25, 0.3) is 0 Å². The van der Waals surface area contributed by atoms with Crippen LogP contribution in [0.4, 0.5) is 5.13 Å². The van der Waals surface area contributed by atoms with E-state index in [2.05, 4.69) is 26.9 Å². The molecule has 0 unspecified atom stereocenters. The number of hydrogen-bond donors (Lipinski definition) is 2. The molecule has 1 aromatic rings. The Morgan fingerprint density at radius 1 is 1.33 bits per heavy atom. The highest BCUT2D eigenvalue weighted by atomic mass is 32.1. The SMILES string of the molecule is CCCNCCNc1nc(C2CC2)ns1. The molecule has 0 amide bonds. The molecule has 4 nitrogen and oxygen atoms in total. The van der Waals surface area contributed by atoms with Gasteiger partial charge in [-0.3, -0.25) is 0 Å². The van der Waals surface area contributed by atoms with Crippen LogP contribution in [-0.4, -0.2) is 29.0 Å². The second-order valence-corrected chi connectivity index (χ2v) is 4.66. The molecule has 0 atom stereocenters. The van der Waals surface area contributed by atoms with Gasteiger partial charge in [0.05, 0.1) is 0 Å². The Balaban J connectivity index is 1.64. The summed E-state index contributed by atoms with van der Waals surface area (Å²) in [5, 5.41) is 7.60. The van der Waals surface area contributed by atoms with E-state index < -0.39 is 0 Å². The Morgan fingerprint density at radius 3 is 2.93 bits per heavy atom. The van der Waals surface area contributed by atoms with Crippen LogP contribution < -0.4 is 10.6 Å². The number of aromatic nitrogens is 2. The molecule has 0 spiro atoms. The first-order chi connectivity index (χ1) is 7.40. The molecule has 1 fully saturated rings. The topological polar surface area (TPSA) is 49.8 Å². The molecule has 0 saturated heterocycles. The van der Waals surface area contributed by atoms with Crippen LogP contribution in [0.15, 0.2) is 0 Å². The molecule has 0 aromatic carbocycles. The number of nitrogens with one attached hydrogen (secondary N) is 2. The van der Waals surface area contributed by atoms with Crippen molar-refractivity contribution in [2.75, 3.05) is 25.0 Å². The van der Waals surface area contributed by atoms with Crippen molar-refractivity contribution in [2.45, 2.75) is 32.1 Å². The van der Waals surface area contributed by atoms with Crippen molar-refractivity contribution >= 4 is 16.7 Å². The highest BCUT2D eigenvalue weighted by Crippen LogP contribution is 2.39. The summed E-state index contributed by atoms with van der Waals surface area (Å²) in [6.07, 6.45) is 3.73. The van der Waals surface area contributed by atoms with Gasteiger partial charge < -0.3 is 10.6 Å². The van der Waals surface area contributed by atoms with Gasteiger partial charge in [0.15, 0.2) is 0 Å². The van der Waals surface area contributed by atoms with Gasteiger partial charge in [-0.15, -0.1) is 0 Å². The van der Waals surface area contributed by atoms with Crippen LogP contribution in [0.2, 0.25) is 0 Å². The first kappa shape index (κ1) is 10.8. The second-order valence-electron chi connectivity index (χ2n) is 3.91. The molecule has 0 radical (unpaired) electrons. The predicted octanol–water partition coefficient (Wildman–Crippen LogP) is 1.83. The van der Waals surface area contributed by atoms with Crippen LogP contribution in [0.1, 0.15) is 37.9 Å². The third-order valence-corrected chi connectivity index (χ3v) is 3.08. The Labute approximate surface area is 94.7 Å². The van der Waals surface area contributed by atoms with Gasteiger partial charge in [0, 0.05) is 30.5 Å². The molecule has 0 bridgehead atoms. The highest BCUT2D eigenvalue weighted by molar-refractivity contribution is 7.09. The Morgan fingerprint density at radius 2 is 2.20 bits per heavy atom. The van der Waals surface area contributed by atoms with Crippen LogP contribution in [0.3, 0.4) is 0 Å². The molecule has 2 rings (SSSR count). The van der Waals surface area contributed by atoms with E-state index in [1.807, 2.05) is 0 Å². The molecule has 15 heavy (non-hydrogen) atoms. The number of anilines is 1. The minimum absolute atomic E-state index is 0.662. The average molecular weight is 226 g/mol. The summed E-state index contributed by atoms with van der Waals surface area (Å²) in [4.78, 5) is 4.46. The Hall–Kier alpha value is -0.680. The summed E-state index contributed by atoms with van der Waals surface area (Å²) < 4.78 is 4.34. The molecule has 84 valence electrons. The molecule has 1 aliphatic carbocycles. The number of rotatable bonds is 7. The summed E-state index contributed by atoms with van der Waals surface area (Å²) in [6.45, 7) is 5.18. The zero-order valence-corrected chi connectivity index (χ0v) is 9.94. The Kier molecular flexibility index (Phi) is 3.91. The molecule has 5 heteroatoms. The van der Waals surface area contributed by atoms with Crippen LogP contribution in [-0.2, 0) is 0 Å². The maximum Gasteiger partial charge on any atom is 0.202 e. The lowest BCUT2D eigenvalue weighted by Gasteiger charge is -2.02. The quantitative estimate of drug-likeness (QED) is 0.696. The van der Waals surface area contributed by atoms with Crippen molar-refractivity contribution in [1.82, 2.24) is 14.7 Å². The lowest BCUT2D eigenvalue weighted by Crippen LogP contribution is -2.22. The molecule has 1 saturated carbocycles. The van der Waals surface area contributed by atoms with Crippen LogP contribution in [0.25, 0.3) is 0 Å². The summed E-state index contributed by atoms with van der Waals surface area (Å²) in [5.41, 5.74) is 0. The Bertz CT molecular complexity index is 295. The lowest BCUT2D eigenvalue weighted by atomic mass is 10.4.